The molecule has 0 saturated heterocycles. The second-order valence-corrected chi connectivity index (χ2v) is 4.49. The largest absolute Gasteiger partial charge is 0.479 e. The summed E-state index contributed by atoms with van der Waals surface area (Å²) in [6.45, 7) is 1.76. The second-order valence-electron chi connectivity index (χ2n) is 4.49. The molecule has 0 fully saturated rings. The zero-order chi connectivity index (χ0) is 15.1. The SMILES string of the molecule is C[C@H](Oc1ccccc1)C(=O)OCc1cccc(C#N)c1. The topological polar surface area (TPSA) is 59.3 Å². The third-order valence-corrected chi connectivity index (χ3v) is 2.83. The molecule has 0 aromatic heterocycles. The molecule has 106 valence electrons. The molecule has 1 atom stereocenters. The van der Waals surface area contributed by atoms with Gasteiger partial charge in [0, 0.05) is 0 Å². The van der Waals surface area contributed by atoms with Gasteiger partial charge in [0.25, 0.3) is 0 Å². The Morgan fingerprint density at radius 1 is 1.19 bits per heavy atom. The fourth-order valence-corrected chi connectivity index (χ4v) is 1.75. The third-order valence-electron chi connectivity index (χ3n) is 2.83. The lowest BCUT2D eigenvalue weighted by atomic mass is 10.1. The molecule has 0 bridgehead atoms. The number of benzene rings is 2. The molecule has 0 unspecified atom stereocenters. The van der Waals surface area contributed by atoms with Gasteiger partial charge in [0.15, 0.2) is 6.10 Å². The summed E-state index contributed by atoms with van der Waals surface area (Å²) in [6.07, 6.45) is -0.688. The number of nitriles is 1. The molecule has 0 aliphatic carbocycles. The Bertz CT molecular complexity index is 647. The van der Waals surface area contributed by atoms with Gasteiger partial charge in [-0.3, -0.25) is 0 Å². The molecule has 0 spiro atoms. The standard InChI is InChI=1S/C17H15NO3/c1-13(21-16-8-3-2-4-9-16)17(19)20-12-15-7-5-6-14(10-15)11-18/h2-10,13H,12H2,1H3/t13-/m0/s1. The van der Waals surface area contributed by atoms with Gasteiger partial charge in [-0.1, -0.05) is 30.3 Å². The number of para-hydroxylation sites is 1. The van der Waals surface area contributed by atoms with Crippen LogP contribution in [0.15, 0.2) is 54.6 Å². The third kappa shape index (κ3) is 4.36. The Hall–Kier alpha value is -2.80. The quantitative estimate of drug-likeness (QED) is 0.790. The van der Waals surface area contributed by atoms with Crippen LogP contribution in [-0.2, 0) is 16.1 Å². The van der Waals surface area contributed by atoms with Gasteiger partial charge in [-0.25, -0.2) is 4.79 Å². The number of hydrogen-bond donors (Lipinski definition) is 0. The van der Waals surface area contributed by atoms with Crippen molar-refractivity contribution in [2.24, 2.45) is 0 Å². The first-order chi connectivity index (χ1) is 10.2. The molecule has 21 heavy (non-hydrogen) atoms. The maximum atomic E-state index is 11.9. The van der Waals surface area contributed by atoms with Gasteiger partial charge < -0.3 is 9.47 Å². The molecule has 2 aromatic carbocycles. The van der Waals surface area contributed by atoms with Crippen molar-refractivity contribution in [2.45, 2.75) is 19.6 Å². The zero-order valence-corrected chi connectivity index (χ0v) is 11.7. The molecule has 2 aromatic rings. The van der Waals surface area contributed by atoms with Crippen LogP contribution in [0, 0.1) is 11.3 Å². The molecule has 0 amide bonds. The van der Waals surface area contributed by atoms with E-state index < -0.39 is 12.1 Å². The summed E-state index contributed by atoms with van der Waals surface area (Å²) in [5.74, 6) is 0.176. The summed E-state index contributed by atoms with van der Waals surface area (Å²) in [7, 11) is 0. The molecular formula is C17H15NO3. The van der Waals surface area contributed by atoms with Crippen molar-refractivity contribution in [1.82, 2.24) is 0 Å². The fraction of sp³-hybridized carbons (Fsp3) is 0.176. The van der Waals surface area contributed by atoms with Crippen molar-refractivity contribution in [2.75, 3.05) is 0 Å². The van der Waals surface area contributed by atoms with Crippen molar-refractivity contribution in [3.8, 4) is 11.8 Å². The summed E-state index contributed by atoms with van der Waals surface area (Å²) < 4.78 is 10.7. The molecule has 0 saturated carbocycles. The van der Waals surface area contributed by atoms with E-state index in [4.69, 9.17) is 14.7 Å². The lowest BCUT2D eigenvalue weighted by Gasteiger charge is -2.14. The highest BCUT2D eigenvalue weighted by molar-refractivity contribution is 5.74. The van der Waals surface area contributed by atoms with Crippen LogP contribution in [0.5, 0.6) is 5.75 Å². The lowest BCUT2D eigenvalue weighted by Crippen LogP contribution is -2.26. The second kappa shape index (κ2) is 7.11. The molecule has 2 rings (SSSR count). The number of nitrogens with zero attached hydrogens (tertiary/aromatic N) is 1. The Morgan fingerprint density at radius 2 is 1.95 bits per heavy atom. The average Bonchev–Trinajstić information content (AvgIpc) is 2.53. The molecule has 0 heterocycles. The Labute approximate surface area is 123 Å². The van der Waals surface area contributed by atoms with E-state index in [-0.39, 0.29) is 6.61 Å². The van der Waals surface area contributed by atoms with Crippen LogP contribution in [0.25, 0.3) is 0 Å². The number of rotatable bonds is 5. The van der Waals surface area contributed by atoms with Crippen molar-refractivity contribution >= 4 is 5.97 Å². The van der Waals surface area contributed by atoms with Gasteiger partial charge in [-0.15, -0.1) is 0 Å². The Kier molecular flexibility index (Phi) is 4.94. The van der Waals surface area contributed by atoms with Crippen molar-refractivity contribution < 1.29 is 14.3 Å². The number of carbonyl (C=O) groups is 1. The minimum atomic E-state index is -0.688. The molecule has 0 aliphatic rings. The maximum Gasteiger partial charge on any atom is 0.347 e. The normalized spacial score (nSPS) is 11.2. The highest BCUT2D eigenvalue weighted by atomic mass is 16.6. The maximum absolute atomic E-state index is 11.9. The Balaban J connectivity index is 1.88. The predicted octanol–water partition coefficient (Wildman–Crippen LogP) is 3.07. The first-order valence-corrected chi connectivity index (χ1v) is 6.56. The van der Waals surface area contributed by atoms with E-state index in [1.807, 2.05) is 24.3 Å². The number of hydrogen-bond acceptors (Lipinski definition) is 4. The van der Waals surface area contributed by atoms with Crippen LogP contribution >= 0.6 is 0 Å². The van der Waals surface area contributed by atoms with Gasteiger partial charge in [-0.2, -0.15) is 5.26 Å². The lowest BCUT2D eigenvalue weighted by molar-refractivity contribution is -0.152. The van der Waals surface area contributed by atoms with Gasteiger partial charge in [-0.05, 0) is 36.8 Å². The monoisotopic (exact) mass is 281 g/mol. The summed E-state index contributed by atoms with van der Waals surface area (Å²) >= 11 is 0. The van der Waals surface area contributed by atoms with Crippen LogP contribution in [0.4, 0.5) is 0 Å². The first kappa shape index (κ1) is 14.6. The minimum Gasteiger partial charge on any atom is -0.479 e. The van der Waals surface area contributed by atoms with E-state index in [1.54, 1.807) is 43.3 Å². The van der Waals surface area contributed by atoms with Crippen LogP contribution in [0.2, 0.25) is 0 Å². The van der Waals surface area contributed by atoms with Crippen LogP contribution in [0.3, 0.4) is 0 Å². The van der Waals surface area contributed by atoms with E-state index in [0.29, 0.717) is 11.3 Å². The summed E-state index contributed by atoms with van der Waals surface area (Å²) in [4.78, 5) is 11.9. The Morgan fingerprint density at radius 3 is 2.67 bits per heavy atom. The van der Waals surface area contributed by atoms with Crippen LogP contribution in [0.1, 0.15) is 18.1 Å². The van der Waals surface area contributed by atoms with Crippen molar-refractivity contribution in [3.05, 3.63) is 65.7 Å². The predicted molar refractivity (Wildman–Crippen MR) is 77.5 cm³/mol. The zero-order valence-electron chi connectivity index (χ0n) is 11.7. The van der Waals surface area contributed by atoms with Gasteiger partial charge in [0.05, 0.1) is 11.6 Å². The molecule has 0 aliphatic heterocycles. The first-order valence-electron chi connectivity index (χ1n) is 6.56. The summed E-state index contributed by atoms with van der Waals surface area (Å²) in [6, 6.07) is 18.1. The number of esters is 1. The van der Waals surface area contributed by atoms with E-state index in [9.17, 15) is 4.79 Å². The van der Waals surface area contributed by atoms with E-state index >= 15 is 0 Å². The van der Waals surface area contributed by atoms with Gasteiger partial charge >= 0.3 is 5.97 Å². The molecular weight excluding hydrogens is 266 g/mol. The van der Waals surface area contributed by atoms with Crippen molar-refractivity contribution in [3.63, 3.8) is 0 Å². The van der Waals surface area contributed by atoms with Crippen LogP contribution in [-0.4, -0.2) is 12.1 Å². The van der Waals surface area contributed by atoms with Crippen molar-refractivity contribution in [1.29, 1.82) is 5.26 Å². The minimum absolute atomic E-state index is 0.122. The fourth-order valence-electron chi connectivity index (χ4n) is 1.75. The molecule has 4 heteroatoms. The highest BCUT2D eigenvalue weighted by Crippen LogP contribution is 2.12. The summed E-state index contributed by atoms with van der Waals surface area (Å²) in [5, 5.41) is 8.81. The van der Waals surface area contributed by atoms with E-state index in [2.05, 4.69) is 0 Å². The van der Waals surface area contributed by atoms with Crippen LogP contribution < -0.4 is 4.74 Å². The highest BCUT2D eigenvalue weighted by Gasteiger charge is 2.16. The van der Waals surface area contributed by atoms with E-state index in [0.717, 1.165) is 5.56 Å². The summed E-state index contributed by atoms with van der Waals surface area (Å²) in [5.41, 5.74) is 1.31. The average molecular weight is 281 g/mol. The van der Waals surface area contributed by atoms with Gasteiger partial charge in [0.1, 0.15) is 12.4 Å². The molecule has 0 radical (unpaired) electrons. The van der Waals surface area contributed by atoms with Gasteiger partial charge in [0.2, 0.25) is 0 Å². The smallest absolute Gasteiger partial charge is 0.347 e. The molecule has 4 nitrogen and oxygen atoms in total. The number of carbonyl (C=O) groups excluding carboxylic acids is 1. The van der Waals surface area contributed by atoms with E-state index in [1.165, 1.54) is 0 Å². The molecule has 0 N–H and O–H groups in total. The number of ether oxygens (including phenoxy) is 2.